The second-order valence-corrected chi connectivity index (χ2v) is 7.81. The average molecular weight is 407 g/mol. The molecule has 1 aliphatic rings. The smallest absolute Gasteiger partial charge is 0.416 e. The lowest BCUT2D eigenvalue weighted by molar-refractivity contribution is -0.137. The van der Waals surface area contributed by atoms with Crippen molar-refractivity contribution in [3.63, 3.8) is 0 Å². The van der Waals surface area contributed by atoms with E-state index in [1.165, 1.54) is 6.20 Å². The number of halogens is 4. The Balaban J connectivity index is 1.73. The molecule has 0 bridgehead atoms. The second-order valence-electron chi connectivity index (χ2n) is 7.81. The molecule has 0 saturated carbocycles. The molecule has 0 unspecified atom stereocenters. The van der Waals surface area contributed by atoms with E-state index in [0.717, 1.165) is 38.1 Å². The number of pyridine rings is 1. The van der Waals surface area contributed by atoms with Crippen molar-refractivity contribution >= 4 is 11.0 Å². The highest BCUT2D eigenvalue weighted by molar-refractivity contribution is 5.98. The minimum Gasteiger partial charge on any atom is -0.492 e. The molecule has 2 aromatic heterocycles. The molecule has 1 aromatic carbocycles. The van der Waals surface area contributed by atoms with Gasteiger partial charge in [0, 0.05) is 23.4 Å². The van der Waals surface area contributed by atoms with Gasteiger partial charge < -0.3 is 15.0 Å². The van der Waals surface area contributed by atoms with E-state index in [4.69, 9.17) is 4.74 Å². The van der Waals surface area contributed by atoms with Gasteiger partial charge in [0.15, 0.2) is 0 Å². The van der Waals surface area contributed by atoms with Crippen molar-refractivity contribution in [2.75, 3.05) is 19.7 Å². The fraction of sp³-hybridized carbons (Fsp3) is 0.381. The van der Waals surface area contributed by atoms with Gasteiger partial charge in [-0.3, -0.25) is 0 Å². The first-order chi connectivity index (χ1) is 13.8. The van der Waals surface area contributed by atoms with Gasteiger partial charge in [0.2, 0.25) is 0 Å². The van der Waals surface area contributed by atoms with Crippen LogP contribution in [0.15, 0.2) is 36.7 Å². The van der Waals surface area contributed by atoms with Crippen LogP contribution in [0.2, 0.25) is 0 Å². The fourth-order valence-corrected chi connectivity index (χ4v) is 3.71. The topological polar surface area (TPSA) is 49.9 Å². The molecule has 1 fully saturated rings. The van der Waals surface area contributed by atoms with Crippen LogP contribution in [0.4, 0.5) is 17.6 Å². The minimum atomic E-state index is -4.63. The van der Waals surface area contributed by atoms with E-state index in [2.05, 4.69) is 22.2 Å². The van der Waals surface area contributed by atoms with Gasteiger partial charge in [-0.25, -0.2) is 9.37 Å². The Kier molecular flexibility index (Phi) is 4.98. The number of H-pyrrole nitrogens is 1. The Hall–Kier alpha value is -2.61. The summed E-state index contributed by atoms with van der Waals surface area (Å²) in [5.41, 5.74) is -0.00104. The summed E-state index contributed by atoms with van der Waals surface area (Å²) in [7, 11) is 0. The number of nitrogens with zero attached hydrogens (tertiary/aromatic N) is 1. The van der Waals surface area contributed by atoms with Gasteiger partial charge in [0.25, 0.3) is 0 Å². The van der Waals surface area contributed by atoms with E-state index in [1.54, 1.807) is 12.3 Å². The molecule has 4 nitrogen and oxygen atoms in total. The molecule has 3 heterocycles. The zero-order chi connectivity index (χ0) is 20.6. The summed E-state index contributed by atoms with van der Waals surface area (Å²) in [6.07, 6.45) is 0.422. The van der Waals surface area contributed by atoms with Crippen LogP contribution < -0.4 is 10.1 Å². The highest BCUT2D eigenvalue weighted by Gasteiger charge is 2.32. The first-order valence-corrected chi connectivity index (χ1v) is 9.43. The van der Waals surface area contributed by atoms with E-state index in [9.17, 15) is 17.6 Å². The molecule has 2 N–H and O–H groups in total. The molecule has 3 aromatic rings. The predicted octanol–water partition coefficient (Wildman–Crippen LogP) is 5.16. The van der Waals surface area contributed by atoms with Crippen LogP contribution in [0.5, 0.6) is 5.75 Å². The maximum absolute atomic E-state index is 13.9. The minimum absolute atomic E-state index is 0.0135. The lowest BCUT2D eigenvalue weighted by atomic mass is 9.82. The van der Waals surface area contributed by atoms with Gasteiger partial charge in [-0.1, -0.05) is 6.92 Å². The van der Waals surface area contributed by atoms with E-state index in [1.807, 2.05) is 0 Å². The largest absolute Gasteiger partial charge is 0.492 e. The van der Waals surface area contributed by atoms with Gasteiger partial charge in [-0.05, 0) is 55.8 Å². The number of aromatic nitrogens is 2. The van der Waals surface area contributed by atoms with Crippen LogP contribution in [-0.2, 0) is 6.18 Å². The average Bonchev–Trinajstić information content (AvgIpc) is 3.11. The Morgan fingerprint density at radius 3 is 2.66 bits per heavy atom. The molecule has 154 valence electrons. The summed E-state index contributed by atoms with van der Waals surface area (Å²) in [5.74, 6) is -0.429. The van der Waals surface area contributed by atoms with E-state index >= 15 is 0 Å². The third-order valence-corrected chi connectivity index (χ3v) is 5.46. The maximum Gasteiger partial charge on any atom is 0.416 e. The SMILES string of the molecule is CC1(COc2ccnc3[nH]cc(-c4cc(F)cc(C(F)(F)F)c4)c23)CCNCC1. The number of nitrogens with one attached hydrogen (secondary N) is 2. The summed E-state index contributed by atoms with van der Waals surface area (Å²) in [6.45, 7) is 4.48. The van der Waals surface area contributed by atoms with Gasteiger partial charge in [0.05, 0.1) is 17.6 Å². The number of hydrogen-bond donors (Lipinski definition) is 2. The number of rotatable bonds is 4. The van der Waals surface area contributed by atoms with Crippen molar-refractivity contribution in [1.29, 1.82) is 0 Å². The molecular formula is C21H21F4N3O. The fourth-order valence-electron chi connectivity index (χ4n) is 3.71. The first kappa shape index (κ1) is 19.7. The quantitative estimate of drug-likeness (QED) is 0.588. The first-order valence-electron chi connectivity index (χ1n) is 9.43. The van der Waals surface area contributed by atoms with Gasteiger partial charge >= 0.3 is 6.18 Å². The molecule has 0 atom stereocenters. The van der Waals surface area contributed by atoms with Crippen LogP contribution in [0, 0.1) is 11.2 Å². The number of aromatic amines is 1. The Morgan fingerprint density at radius 1 is 1.17 bits per heavy atom. The molecule has 29 heavy (non-hydrogen) atoms. The molecule has 0 spiro atoms. The maximum atomic E-state index is 13.9. The molecule has 0 radical (unpaired) electrons. The van der Waals surface area contributed by atoms with Crippen molar-refractivity contribution in [3.05, 3.63) is 48.0 Å². The van der Waals surface area contributed by atoms with Crippen LogP contribution >= 0.6 is 0 Å². The normalized spacial score (nSPS) is 16.9. The zero-order valence-electron chi connectivity index (χ0n) is 15.9. The second kappa shape index (κ2) is 7.33. The summed E-state index contributed by atoms with van der Waals surface area (Å²) in [4.78, 5) is 7.18. The van der Waals surface area contributed by atoms with Crippen LogP contribution in [0.1, 0.15) is 25.3 Å². The lowest BCUT2D eigenvalue weighted by Gasteiger charge is -2.33. The van der Waals surface area contributed by atoms with Crippen molar-refractivity contribution < 1.29 is 22.3 Å². The highest BCUT2D eigenvalue weighted by Crippen LogP contribution is 2.39. The van der Waals surface area contributed by atoms with Gasteiger partial charge in [-0.15, -0.1) is 0 Å². The molecule has 0 amide bonds. The standard InChI is InChI=1S/C21H21F4N3O/c1-20(3-6-26-7-4-20)12-29-17-2-5-27-19-18(17)16(11-28-19)13-8-14(21(23,24)25)10-15(22)9-13/h2,5,8-11,26H,3-4,6-7,12H2,1H3,(H,27,28). The molecule has 1 saturated heterocycles. The third kappa shape index (κ3) is 4.07. The summed E-state index contributed by atoms with van der Waals surface area (Å²) >= 11 is 0. The molecule has 8 heteroatoms. The molecule has 1 aliphatic heterocycles. The van der Waals surface area contributed by atoms with Crippen molar-refractivity contribution in [3.8, 4) is 16.9 Å². The van der Waals surface area contributed by atoms with Crippen molar-refractivity contribution in [2.45, 2.75) is 25.9 Å². The molecule has 4 rings (SSSR count). The number of piperidine rings is 1. The van der Waals surface area contributed by atoms with Crippen LogP contribution in [-0.4, -0.2) is 29.7 Å². The van der Waals surface area contributed by atoms with Crippen molar-refractivity contribution in [1.82, 2.24) is 15.3 Å². The van der Waals surface area contributed by atoms with Crippen LogP contribution in [0.3, 0.4) is 0 Å². The lowest BCUT2D eigenvalue weighted by Crippen LogP contribution is -2.38. The van der Waals surface area contributed by atoms with Crippen molar-refractivity contribution in [2.24, 2.45) is 5.41 Å². The zero-order valence-corrected chi connectivity index (χ0v) is 15.9. The Bertz CT molecular complexity index is 1020. The summed E-state index contributed by atoms with van der Waals surface area (Å²) < 4.78 is 59.4. The highest BCUT2D eigenvalue weighted by atomic mass is 19.4. The third-order valence-electron chi connectivity index (χ3n) is 5.46. The predicted molar refractivity (Wildman–Crippen MR) is 102 cm³/mol. The number of benzene rings is 1. The Labute approximate surface area is 165 Å². The summed E-state index contributed by atoms with van der Waals surface area (Å²) in [6, 6.07) is 4.21. The van der Waals surface area contributed by atoms with Crippen LogP contribution in [0.25, 0.3) is 22.2 Å². The van der Waals surface area contributed by atoms with E-state index < -0.39 is 17.6 Å². The molecular weight excluding hydrogens is 386 g/mol. The van der Waals surface area contributed by atoms with E-state index in [0.29, 0.717) is 35.0 Å². The number of fused-ring (bicyclic) bond motifs is 1. The van der Waals surface area contributed by atoms with Gasteiger partial charge in [-0.2, -0.15) is 13.2 Å². The summed E-state index contributed by atoms with van der Waals surface area (Å²) in [5, 5.41) is 3.86. The van der Waals surface area contributed by atoms with Gasteiger partial charge in [0.1, 0.15) is 17.2 Å². The molecule has 0 aliphatic carbocycles. The number of ether oxygens (including phenoxy) is 1. The monoisotopic (exact) mass is 407 g/mol. The van der Waals surface area contributed by atoms with E-state index in [-0.39, 0.29) is 11.0 Å². The number of alkyl halides is 3. The number of hydrogen-bond acceptors (Lipinski definition) is 3. The Morgan fingerprint density at radius 2 is 1.93 bits per heavy atom.